The molecule has 2 aromatic rings. The molecule has 1 heterocycles. The number of ether oxygens (including phenoxy) is 1. The van der Waals surface area contributed by atoms with Gasteiger partial charge in [-0.1, -0.05) is 23.7 Å². The highest BCUT2D eigenvalue weighted by molar-refractivity contribution is 7.09. The molecule has 0 saturated carbocycles. The van der Waals surface area contributed by atoms with Crippen LogP contribution in [0.2, 0.25) is 5.02 Å². The average molecular weight is 409 g/mol. The number of thiophene rings is 1. The number of benzene rings is 1. The third kappa shape index (κ3) is 7.40. The van der Waals surface area contributed by atoms with E-state index < -0.39 is 24.4 Å². The number of carbonyl (C=O) groups is 3. The molecule has 27 heavy (non-hydrogen) atoms. The molecular formula is C19H21ClN2O4S. The summed E-state index contributed by atoms with van der Waals surface area (Å²) in [7, 11) is 0. The quantitative estimate of drug-likeness (QED) is 0.623. The zero-order valence-electron chi connectivity index (χ0n) is 14.9. The van der Waals surface area contributed by atoms with Crippen LogP contribution in [-0.4, -0.2) is 30.9 Å². The van der Waals surface area contributed by atoms with Gasteiger partial charge in [-0.25, -0.2) is 0 Å². The van der Waals surface area contributed by atoms with Crippen molar-refractivity contribution >= 4 is 46.4 Å². The van der Waals surface area contributed by atoms with E-state index in [2.05, 4.69) is 10.6 Å². The molecule has 0 bridgehead atoms. The highest BCUT2D eigenvalue weighted by atomic mass is 35.5. The Kier molecular flexibility index (Phi) is 8.29. The van der Waals surface area contributed by atoms with Crippen LogP contribution in [0.5, 0.6) is 0 Å². The summed E-state index contributed by atoms with van der Waals surface area (Å²) in [6.07, 6.45) is 1.73. The number of halogens is 1. The van der Waals surface area contributed by atoms with Crippen LogP contribution in [0.1, 0.15) is 23.3 Å². The fourth-order valence-electron chi connectivity index (χ4n) is 2.25. The second-order valence-corrected chi connectivity index (χ2v) is 7.27. The van der Waals surface area contributed by atoms with Gasteiger partial charge in [-0.05, 0) is 48.9 Å². The second kappa shape index (κ2) is 10.7. The number of nitrogens with one attached hydrogen (secondary N) is 2. The lowest BCUT2D eigenvalue weighted by Gasteiger charge is -2.10. The largest absolute Gasteiger partial charge is 0.456 e. The number of carbonyl (C=O) groups excluding carboxylic acids is 3. The minimum Gasteiger partial charge on any atom is -0.456 e. The van der Waals surface area contributed by atoms with Crippen molar-refractivity contribution in [2.45, 2.75) is 26.2 Å². The topological polar surface area (TPSA) is 84.5 Å². The first-order valence-electron chi connectivity index (χ1n) is 8.45. The molecule has 0 fully saturated rings. The molecule has 0 aliphatic heterocycles. The number of esters is 1. The van der Waals surface area contributed by atoms with Crippen molar-refractivity contribution in [2.24, 2.45) is 0 Å². The maximum absolute atomic E-state index is 11.9. The van der Waals surface area contributed by atoms with E-state index in [9.17, 15) is 14.4 Å². The zero-order chi connectivity index (χ0) is 19.6. The molecule has 2 rings (SSSR count). The summed E-state index contributed by atoms with van der Waals surface area (Å²) in [6.45, 7) is 1.16. The fourth-order valence-corrected chi connectivity index (χ4v) is 3.17. The summed E-state index contributed by atoms with van der Waals surface area (Å²) in [5, 5.41) is 7.61. The van der Waals surface area contributed by atoms with E-state index >= 15 is 0 Å². The van der Waals surface area contributed by atoms with Crippen molar-refractivity contribution in [3.05, 3.63) is 51.2 Å². The van der Waals surface area contributed by atoms with Gasteiger partial charge < -0.3 is 15.4 Å². The van der Waals surface area contributed by atoms with Gasteiger partial charge in [0.05, 0.1) is 6.54 Å². The van der Waals surface area contributed by atoms with Crippen molar-refractivity contribution in [3.63, 3.8) is 0 Å². The Bertz CT molecular complexity index is 793. The molecule has 144 valence electrons. The fraction of sp³-hybridized carbons (Fsp3) is 0.316. The van der Waals surface area contributed by atoms with Gasteiger partial charge >= 0.3 is 5.97 Å². The third-order valence-electron chi connectivity index (χ3n) is 3.74. The van der Waals surface area contributed by atoms with Gasteiger partial charge in [-0.15, -0.1) is 11.3 Å². The van der Waals surface area contributed by atoms with Gasteiger partial charge in [0, 0.05) is 22.0 Å². The first-order valence-corrected chi connectivity index (χ1v) is 9.71. The van der Waals surface area contributed by atoms with E-state index in [0.717, 1.165) is 12.0 Å². The Hall–Kier alpha value is -2.38. The predicted molar refractivity (Wildman–Crippen MR) is 106 cm³/mol. The molecule has 8 heteroatoms. The monoisotopic (exact) mass is 408 g/mol. The normalized spacial score (nSPS) is 10.3. The van der Waals surface area contributed by atoms with Crippen molar-refractivity contribution in [3.8, 4) is 0 Å². The summed E-state index contributed by atoms with van der Waals surface area (Å²) in [4.78, 5) is 36.4. The van der Waals surface area contributed by atoms with Gasteiger partial charge in [0.25, 0.3) is 5.91 Å². The molecule has 2 amide bonds. The van der Waals surface area contributed by atoms with E-state index in [1.165, 1.54) is 4.88 Å². The average Bonchev–Trinajstić information content (AvgIpc) is 3.15. The maximum Gasteiger partial charge on any atom is 0.306 e. The summed E-state index contributed by atoms with van der Waals surface area (Å²) in [5.74, 6) is -1.35. The Morgan fingerprint density at radius 2 is 1.96 bits per heavy atom. The van der Waals surface area contributed by atoms with Crippen molar-refractivity contribution < 1.29 is 19.1 Å². The molecule has 0 aliphatic rings. The van der Waals surface area contributed by atoms with Crippen LogP contribution in [0.15, 0.2) is 35.7 Å². The second-order valence-electron chi connectivity index (χ2n) is 5.83. The molecule has 0 radical (unpaired) electrons. The van der Waals surface area contributed by atoms with E-state index in [-0.39, 0.29) is 13.0 Å². The Morgan fingerprint density at radius 1 is 1.15 bits per heavy atom. The van der Waals surface area contributed by atoms with E-state index in [4.69, 9.17) is 16.3 Å². The number of rotatable bonds is 9. The smallest absolute Gasteiger partial charge is 0.306 e. The molecule has 2 N–H and O–H groups in total. The first kappa shape index (κ1) is 20.9. The van der Waals surface area contributed by atoms with E-state index in [0.29, 0.717) is 17.1 Å². The van der Waals surface area contributed by atoms with Crippen LogP contribution in [0.25, 0.3) is 0 Å². The van der Waals surface area contributed by atoms with Crippen LogP contribution in [0, 0.1) is 6.92 Å². The summed E-state index contributed by atoms with van der Waals surface area (Å²) >= 11 is 7.63. The van der Waals surface area contributed by atoms with E-state index in [1.54, 1.807) is 36.5 Å². The third-order valence-corrected chi connectivity index (χ3v) is 5.08. The lowest BCUT2D eigenvalue weighted by atomic mass is 10.2. The molecule has 0 atom stereocenters. The zero-order valence-corrected chi connectivity index (χ0v) is 16.5. The molecular weight excluding hydrogens is 388 g/mol. The van der Waals surface area contributed by atoms with Crippen LogP contribution in [0.3, 0.4) is 0 Å². The molecule has 6 nitrogen and oxygen atoms in total. The van der Waals surface area contributed by atoms with Gasteiger partial charge in [0.2, 0.25) is 5.91 Å². The Balaban J connectivity index is 1.61. The van der Waals surface area contributed by atoms with Crippen LogP contribution in [-0.2, 0) is 25.5 Å². The summed E-state index contributed by atoms with van der Waals surface area (Å²) < 4.78 is 4.91. The van der Waals surface area contributed by atoms with Crippen molar-refractivity contribution in [1.29, 1.82) is 0 Å². The molecule has 0 aliphatic carbocycles. The lowest BCUT2D eigenvalue weighted by Crippen LogP contribution is -2.35. The van der Waals surface area contributed by atoms with Crippen LogP contribution < -0.4 is 10.6 Å². The lowest BCUT2D eigenvalue weighted by molar-refractivity contribution is -0.148. The summed E-state index contributed by atoms with van der Waals surface area (Å²) in [6, 6.07) is 9.15. The number of hydrogen-bond acceptors (Lipinski definition) is 5. The molecule has 1 aromatic carbocycles. The number of hydrogen-bond donors (Lipinski definition) is 2. The Morgan fingerprint density at radius 3 is 2.70 bits per heavy atom. The van der Waals surface area contributed by atoms with Crippen LogP contribution in [0.4, 0.5) is 5.69 Å². The maximum atomic E-state index is 11.9. The minimum atomic E-state index is -0.528. The van der Waals surface area contributed by atoms with Gasteiger partial charge in [0.1, 0.15) is 0 Å². The number of anilines is 1. The summed E-state index contributed by atoms with van der Waals surface area (Å²) in [5.41, 5.74) is 1.33. The standard InChI is InChI=1S/C19H21ClN2O4S/c1-13-15(20)7-3-8-16(13)22-17(23)11-21-18(24)12-26-19(25)9-2-5-14-6-4-10-27-14/h3-4,6-8,10H,2,5,9,11-12H2,1H3,(H,21,24)(H,22,23). The van der Waals surface area contributed by atoms with Crippen molar-refractivity contribution in [2.75, 3.05) is 18.5 Å². The molecule has 0 spiro atoms. The SMILES string of the molecule is Cc1c(Cl)cccc1NC(=O)CNC(=O)COC(=O)CCCc1cccs1. The molecule has 1 aromatic heterocycles. The van der Waals surface area contributed by atoms with Gasteiger partial charge in [0.15, 0.2) is 6.61 Å². The van der Waals surface area contributed by atoms with Gasteiger partial charge in [-0.2, -0.15) is 0 Å². The van der Waals surface area contributed by atoms with Gasteiger partial charge in [-0.3, -0.25) is 14.4 Å². The van der Waals surface area contributed by atoms with E-state index in [1.807, 2.05) is 17.5 Å². The molecule has 0 unspecified atom stereocenters. The molecule has 0 saturated heterocycles. The number of aryl methyl sites for hydroxylation is 1. The van der Waals surface area contributed by atoms with Crippen LogP contribution >= 0.6 is 22.9 Å². The predicted octanol–water partition coefficient (Wildman–Crippen LogP) is 3.33. The highest BCUT2D eigenvalue weighted by Crippen LogP contribution is 2.22. The highest BCUT2D eigenvalue weighted by Gasteiger charge is 2.11. The first-order chi connectivity index (χ1) is 13.0. The number of amides is 2. The van der Waals surface area contributed by atoms with Crippen molar-refractivity contribution in [1.82, 2.24) is 5.32 Å². The Labute approximate surface area is 166 Å². The minimum absolute atomic E-state index is 0.222.